The van der Waals surface area contributed by atoms with Gasteiger partial charge in [-0.3, -0.25) is 10.1 Å². The molecule has 0 fully saturated rings. The maximum Gasteiger partial charge on any atom is 0.322 e. The molecule has 0 unspecified atom stereocenters. The van der Waals surface area contributed by atoms with Crippen molar-refractivity contribution < 1.29 is 22.7 Å². The summed E-state index contributed by atoms with van der Waals surface area (Å²) in [6.07, 6.45) is 0. The molecule has 0 aliphatic carbocycles. The third-order valence-corrected chi connectivity index (χ3v) is 2.65. The van der Waals surface area contributed by atoms with Crippen LogP contribution in [0.25, 0.3) is 0 Å². The molecule has 3 nitrogen and oxygen atoms in total. The zero-order chi connectivity index (χ0) is 14.6. The predicted molar refractivity (Wildman–Crippen MR) is 64.0 cm³/mol. The number of hydrogen-bond donors (Lipinski definition) is 1. The van der Waals surface area contributed by atoms with Crippen molar-refractivity contribution in [3.63, 3.8) is 0 Å². The molecule has 0 aromatic heterocycles. The summed E-state index contributed by atoms with van der Waals surface area (Å²) in [4.78, 5) is 11.4. The molecule has 0 amide bonds. The van der Waals surface area contributed by atoms with E-state index in [2.05, 4.69) is 5.32 Å². The van der Waals surface area contributed by atoms with Crippen LogP contribution in [0.3, 0.4) is 0 Å². The van der Waals surface area contributed by atoms with E-state index in [1.807, 2.05) is 0 Å². The van der Waals surface area contributed by atoms with Gasteiger partial charge in [0.2, 0.25) is 0 Å². The van der Waals surface area contributed by atoms with E-state index in [1.165, 1.54) is 0 Å². The molecule has 6 heteroatoms. The largest absolute Gasteiger partial charge is 0.465 e. The summed E-state index contributed by atoms with van der Waals surface area (Å²) in [5, 5.41) is 2.82. The Labute approximate surface area is 109 Å². The molecule has 0 spiro atoms. The Balaban J connectivity index is 2.78. The Kier molecular flexibility index (Phi) is 5.35. The van der Waals surface area contributed by atoms with Gasteiger partial charge in [-0.05, 0) is 38.5 Å². The Morgan fingerprint density at radius 2 is 1.79 bits per heavy atom. The third kappa shape index (κ3) is 3.96. The first-order valence-corrected chi connectivity index (χ1v) is 5.94. The Bertz CT molecular complexity index is 442. The molecule has 106 valence electrons. The van der Waals surface area contributed by atoms with Crippen molar-refractivity contribution in [1.29, 1.82) is 0 Å². The third-order valence-electron chi connectivity index (χ3n) is 2.65. The average Bonchev–Trinajstić information content (AvgIpc) is 2.35. The first kappa shape index (κ1) is 15.5. The average molecular weight is 275 g/mol. The van der Waals surface area contributed by atoms with E-state index in [4.69, 9.17) is 4.74 Å². The van der Waals surface area contributed by atoms with Crippen LogP contribution < -0.4 is 5.32 Å². The first-order valence-electron chi connectivity index (χ1n) is 5.94. The van der Waals surface area contributed by atoms with Gasteiger partial charge in [-0.1, -0.05) is 0 Å². The summed E-state index contributed by atoms with van der Waals surface area (Å²) in [6.45, 7) is 5.12. The molecule has 1 N–H and O–H groups in total. The van der Waals surface area contributed by atoms with Crippen molar-refractivity contribution in [3.8, 4) is 0 Å². The zero-order valence-corrected chi connectivity index (χ0v) is 11.0. The van der Waals surface area contributed by atoms with Crippen molar-refractivity contribution in [1.82, 2.24) is 5.32 Å². The lowest BCUT2D eigenvalue weighted by Crippen LogP contribution is -2.37. The highest BCUT2D eigenvalue weighted by Gasteiger charge is 2.19. The highest BCUT2D eigenvalue weighted by Crippen LogP contribution is 2.19. The van der Waals surface area contributed by atoms with Gasteiger partial charge in [0.1, 0.15) is 6.04 Å². The number of carbonyl (C=O) groups excluding carboxylic acids is 1. The summed E-state index contributed by atoms with van der Waals surface area (Å²) < 4.78 is 43.8. The Hall–Kier alpha value is -1.56. The second-order valence-corrected chi connectivity index (χ2v) is 4.16. The molecule has 0 bridgehead atoms. The molecule has 0 saturated carbocycles. The summed E-state index contributed by atoms with van der Waals surface area (Å²) in [5.41, 5.74) is 0.215. The Morgan fingerprint density at radius 1 is 1.26 bits per heavy atom. The van der Waals surface area contributed by atoms with Crippen molar-refractivity contribution in [2.24, 2.45) is 0 Å². The van der Waals surface area contributed by atoms with Crippen LogP contribution in [-0.2, 0) is 9.53 Å². The van der Waals surface area contributed by atoms with Crippen LogP contribution in [0.2, 0.25) is 0 Å². The fraction of sp³-hybridized carbons (Fsp3) is 0.462. The fourth-order valence-corrected chi connectivity index (χ4v) is 1.63. The molecule has 0 saturated heterocycles. The number of hydrogen-bond acceptors (Lipinski definition) is 3. The summed E-state index contributed by atoms with van der Waals surface area (Å²) in [7, 11) is 0. The smallest absolute Gasteiger partial charge is 0.322 e. The van der Waals surface area contributed by atoms with Crippen molar-refractivity contribution in [2.45, 2.75) is 32.9 Å². The van der Waals surface area contributed by atoms with Crippen LogP contribution in [-0.4, -0.2) is 18.6 Å². The maximum absolute atomic E-state index is 13.1. The molecule has 0 heterocycles. The van der Waals surface area contributed by atoms with Gasteiger partial charge in [-0.2, -0.15) is 0 Å². The van der Waals surface area contributed by atoms with Crippen LogP contribution in [0.4, 0.5) is 13.2 Å². The molecule has 0 radical (unpaired) electrons. The summed E-state index contributed by atoms with van der Waals surface area (Å²) >= 11 is 0. The number of esters is 1. The normalized spacial score (nSPS) is 14.0. The molecular formula is C13H16F3NO2. The van der Waals surface area contributed by atoms with E-state index in [0.717, 1.165) is 12.1 Å². The van der Waals surface area contributed by atoms with Crippen LogP contribution >= 0.6 is 0 Å². The number of carbonyl (C=O) groups is 1. The van der Waals surface area contributed by atoms with Gasteiger partial charge in [0.15, 0.2) is 17.5 Å². The number of ether oxygens (including phenoxy) is 1. The van der Waals surface area contributed by atoms with Crippen LogP contribution in [0.1, 0.15) is 32.4 Å². The van der Waals surface area contributed by atoms with E-state index in [9.17, 15) is 18.0 Å². The minimum atomic E-state index is -1.51. The second-order valence-electron chi connectivity index (χ2n) is 4.16. The van der Waals surface area contributed by atoms with Gasteiger partial charge in [-0.15, -0.1) is 0 Å². The number of nitrogens with one attached hydrogen (secondary N) is 1. The highest BCUT2D eigenvalue weighted by atomic mass is 19.2. The van der Waals surface area contributed by atoms with E-state index in [1.54, 1.807) is 20.8 Å². The second kappa shape index (κ2) is 6.56. The zero-order valence-electron chi connectivity index (χ0n) is 11.0. The SMILES string of the molecule is CCOC(=O)[C@H](C)N[C@H](C)c1cc(F)c(F)c(F)c1. The summed E-state index contributed by atoms with van der Waals surface area (Å²) in [6, 6.07) is 0.636. The maximum atomic E-state index is 13.1. The molecule has 1 rings (SSSR count). The Morgan fingerprint density at radius 3 is 2.26 bits per heavy atom. The number of benzene rings is 1. The van der Waals surface area contributed by atoms with E-state index < -0.39 is 35.5 Å². The number of halogens is 3. The lowest BCUT2D eigenvalue weighted by molar-refractivity contribution is -0.145. The minimum Gasteiger partial charge on any atom is -0.465 e. The molecule has 0 aliphatic rings. The lowest BCUT2D eigenvalue weighted by atomic mass is 10.1. The van der Waals surface area contributed by atoms with Gasteiger partial charge in [0.05, 0.1) is 6.61 Å². The first-order chi connectivity index (χ1) is 8.86. The van der Waals surface area contributed by atoms with E-state index in [-0.39, 0.29) is 12.2 Å². The van der Waals surface area contributed by atoms with E-state index in [0.29, 0.717) is 0 Å². The van der Waals surface area contributed by atoms with Crippen molar-refractivity contribution >= 4 is 5.97 Å². The monoisotopic (exact) mass is 275 g/mol. The van der Waals surface area contributed by atoms with Crippen molar-refractivity contribution in [2.75, 3.05) is 6.61 Å². The topological polar surface area (TPSA) is 38.3 Å². The predicted octanol–water partition coefficient (Wildman–Crippen LogP) is 2.71. The van der Waals surface area contributed by atoms with Gasteiger partial charge in [0.25, 0.3) is 0 Å². The molecule has 1 aromatic carbocycles. The van der Waals surface area contributed by atoms with Crippen LogP contribution in [0.15, 0.2) is 12.1 Å². The number of rotatable bonds is 5. The standard InChI is InChI=1S/C13H16F3NO2/c1-4-19-13(18)8(3)17-7(2)9-5-10(14)12(16)11(15)6-9/h5-8,17H,4H2,1-3H3/t7-,8+/m1/s1. The highest BCUT2D eigenvalue weighted by molar-refractivity contribution is 5.75. The molecule has 1 aromatic rings. The van der Waals surface area contributed by atoms with Gasteiger partial charge in [-0.25, -0.2) is 13.2 Å². The van der Waals surface area contributed by atoms with Crippen LogP contribution in [0.5, 0.6) is 0 Å². The van der Waals surface area contributed by atoms with Crippen LogP contribution in [0, 0.1) is 17.5 Å². The molecular weight excluding hydrogens is 259 g/mol. The van der Waals surface area contributed by atoms with Crippen molar-refractivity contribution in [3.05, 3.63) is 35.1 Å². The van der Waals surface area contributed by atoms with E-state index >= 15 is 0 Å². The summed E-state index contributed by atoms with van der Waals surface area (Å²) in [5.74, 6) is -4.48. The molecule has 0 aliphatic heterocycles. The fourth-order valence-electron chi connectivity index (χ4n) is 1.63. The lowest BCUT2D eigenvalue weighted by Gasteiger charge is -2.19. The minimum absolute atomic E-state index is 0.215. The van der Waals surface area contributed by atoms with Gasteiger partial charge >= 0.3 is 5.97 Å². The quantitative estimate of drug-likeness (QED) is 0.663. The van der Waals surface area contributed by atoms with Gasteiger partial charge < -0.3 is 4.74 Å². The molecule has 19 heavy (non-hydrogen) atoms. The van der Waals surface area contributed by atoms with Gasteiger partial charge in [0, 0.05) is 6.04 Å². The molecule has 2 atom stereocenters.